The lowest BCUT2D eigenvalue weighted by Crippen LogP contribution is -2.34. The normalized spacial score (nSPS) is 12.1. The molecule has 0 saturated heterocycles. The summed E-state index contributed by atoms with van der Waals surface area (Å²) in [5, 5.41) is 3.79. The Morgan fingerprint density at radius 2 is 1.88 bits per heavy atom. The minimum atomic E-state index is -0.223. The van der Waals surface area contributed by atoms with Crippen LogP contribution in [0, 0.1) is 0 Å². The molecule has 0 aliphatic carbocycles. The Labute approximate surface area is 191 Å². The monoisotopic (exact) mass is 448 g/mol. The van der Waals surface area contributed by atoms with Crippen LogP contribution in [0.3, 0.4) is 0 Å². The number of aryl methyl sites for hydroxylation is 2. The Morgan fingerprint density at radius 1 is 1.15 bits per heavy atom. The van der Waals surface area contributed by atoms with Crippen molar-refractivity contribution in [1.82, 2.24) is 19.9 Å². The molecule has 2 aromatic carbocycles. The van der Waals surface area contributed by atoms with Gasteiger partial charge in [0.15, 0.2) is 11.5 Å². The van der Waals surface area contributed by atoms with Gasteiger partial charge in [-0.05, 0) is 31.4 Å². The Balaban J connectivity index is 1.43. The maximum Gasteiger partial charge on any atom is 0.277 e. The molecule has 8 heteroatoms. The van der Waals surface area contributed by atoms with E-state index in [4.69, 9.17) is 9.47 Å². The fraction of sp³-hybridized carbons (Fsp3) is 0.320. The maximum atomic E-state index is 13.0. The van der Waals surface area contributed by atoms with Gasteiger partial charge in [-0.1, -0.05) is 30.3 Å². The Morgan fingerprint density at radius 3 is 2.61 bits per heavy atom. The fourth-order valence-electron chi connectivity index (χ4n) is 3.95. The number of H-pyrrole nitrogens is 1. The predicted octanol–water partition coefficient (Wildman–Crippen LogP) is 3.42. The molecule has 0 aliphatic heterocycles. The van der Waals surface area contributed by atoms with Crippen molar-refractivity contribution in [2.75, 3.05) is 14.2 Å². The van der Waals surface area contributed by atoms with Crippen LogP contribution in [0.25, 0.3) is 21.9 Å². The average Bonchev–Trinajstić information content (AvgIpc) is 3.20. The van der Waals surface area contributed by atoms with Crippen LogP contribution in [0.4, 0.5) is 0 Å². The molecule has 172 valence electrons. The molecule has 1 amide bonds. The highest BCUT2D eigenvalue weighted by atomic mass is 16.5. The molecule has 0 unspecified atom stereocenters. The smallest absolute Gasteiger partial charge is 0.277 e. The Hall–Kier alpha value is -3.81. The number of fused-ring (bicyclic) bond motifs is 3. The third kappa shape index (κ3) is 4.84. The quantitative estimate of drug-likeness (QED) is 0.409. The van der Waals surface area contributed by atoms with Crippen molar-refractivity contribution in [2.24, 2.45) is 0 Å². The van der Waals surface area contributed by atoms with Gasteiger partial charge in [0.05, 0.1) is 26.1 Å². The first-order valence-electron chi connectivity index (χ1n) is 11.0. The number of carbonyl (C=O) groups excluding carboxylic acids is 1. The van der Waals surface area contributed by atoms with Crippen LogP contribution in [-0.4, -0.2) is 40.7 Å². The number of hydrogen-bond acceptors (Lipinski definition) is 5. The highest BCUT2D eigenvalue weighted by Gasteiger charge is 2.15. The number of nitrogens with zero attached hydrogens (tertiary/aromatic N) is 2. The van der Waals surface area contributed by atoms with Crippen molar-refractivity contribution in [2.45, 2.75) is 38.8 Å². The second-order valence-electron chi connectivity index (χ2n) is 8.09. The van der Waals surface area contributed by atoms with Gasteiger partial charge in [-0.15, -0.1) is 0 Å². The van der Waals surface area contributed by atoms with E-state index in [2.05, 4.69) is 27.4 Å². The molecule has 0 bridgehead atoms. The van der Waals surface area contributed by atoms with Crippen molar-refractivity contribution in [3.05, 3.63) is 64.7 Å². The number of rotatable bonds is 9. The zero-order chi connectivity index (χ0) is 23.4. The summed E-state index contributed by atoms with van der Waals surface area (Å²) in [6.07, 6.45) is 3.44. The topological polar surface area (TPSA) is 98.2 Å². The number of benzene rings is 2. The van der Waals surface area contributed by atoms with Gasteiger partial charge in [0.25, 0.3) is 5.56 Å². The van der Waals surface area contributed by atoms with E-state index in [1.807, 2.05) is 25.1 Å². The van der Waals surface area contributed by atoms with Crippen molar-refractivity contribution in [1.29, 1.82) is 0 Å². The van der Waals surface area contributed by atoms with Crippen molar-refractivity contribution in [3.63, 3.8) is 0 Å². The highest BCUT2D eigenvalue weighted by Crippen LogP contribution is 2.34. The van der Waals surface area contributed by atoms with Gasteiger partial charge in [-0.25, -0.2) is 4.98 Å². The Bertz CT molecular complexity index is 1330. The summed E-state index contributed by atoms with van der Waals surface area (Å²) in [5.74, 6) is 1.04. The fourth-order valence-corrected chi connectivity index (χ4v) is 3.95. The first-order valence-corrected chi connectivity index (χ1v) is 11.0. The van der Waals surface area contributed by atoms with Gasteiger partial charge in [0, 0.05) is 30.5 Å². The number of carbonyl (C=O) groups is 1. The molecule has 0 spiro atoms. The van der Waals surface area contributed by atoms with Crippen LogP contribution in [0.2, 0.25) is 0 Å². The number of aromatic nitrogens is 3. The molecule has 0 fully saturated rings. The molecule has 8 nitrogen and oxygen atoms in total. The highest BCUT2D eigenvalue weighted by molar-refractivity contribution is 6.05. The van der Waals surface area contributed by atoms with Crippen LogP contribution < -0.4 is 20.3 Å². The molecule has 2 heterocycles. The van der Waals surface area contributed by atoms with Gasteiger partial charge in [0.2, 0.25) is 5.91 Å². The lowest BCUT2D eigenvalue weighted by Gasteiger charge is -2.14. The first-order chi connectivity index (χ1) is 16.0. The third-order valence-corrected chi connectivity index (χ3v) is 5.77. The summed E-state index contributed by atoms with van der Waals surface area (Å²) < 4.78 is 12.2. The zero-order valence-electron chi connectivity index (χ0n) is 19.1. The second-order valence-corrected chi connectivity index (χ2v) is 8.09. The minimum Gasteiger partial charge on any atom is -0.493 e. The molecule has 4 rings (SSSR count). The molecule has 2 aromatic heterocycles. The lowest BCUT2D eigenvalue weighted by atomic mass is 10.1. The van der Waals surface area contributed by atoms with E-state index in [0.29, 0.717) is 22.5 Å². The standard InChI is InChI=1S/C25H28N4O4/c1-16(9-10-17-7-5-4-6-8-17)27-22(30)11-12-29-15-26-23-18-13-20(32-2)21(33-3)14-19(18)28-24(23)25(29)31/h4-8,13-16,28H,9-12H2,1-3H3,(H,27,30)/t16-/m0/s1. The zero-order valence-corrected chi connectivity index (χ0v) is 19.1. The predicted molar refractivity (Wildman–Crippen MR) is 128 cm³/mol. The number of hydrogen-bond donors (Lipinski definition) is 2. The number of methoxy groups -OCH3 is 2. The summed E-state index contributed by atoms with van der Waals surface area (Å²) in [4.78, 5) is 33.0. The lowest BCUT2D eigenvalue weighted by molar-refractivity contribution is -0.121. The van der Waals surface area contributed by atoms with E-state index < -0.39 is 0 Å². The number of amides is 1. The van der Waals surface area contributed by atoms with Gasteiger partial charge >= 0.3 is 0 Å². The second kappa shape index (κ2) is 9.77. The van der Waals surface area contributed by atoms with E-state index >= 15 is 0 Å². The van der Waals surface area contributed by atoms with Gasteiger partial charge in [0.1, 0.15) is 11.0 Å². The van der Waals surface area contributed by atoms with Crippen molar-refractivity contribution < 1.29 is 14.3 Å². The third-order valence-electron chi connectivity index (χ3n) is 5.77. The summed E-state index contributed by atoms with van der Waals surface area (Å²) in [5.41, 5.74) is 2.71. The van der Waals surface area contributed by atoms with E-state index in [9.17, 15) is 9.59 Å². The van der Waals surface area contributed by atoms with E-state index in [1.54, 1.807) is 26.4 Å². The Kier molecular flexibility index (Phi) is 6.63. The number of ether oxygens (including phenoxy) is 2. The minimum absolute atomic E-state index is 0.0497. The van der Waals surface area contributed by atoms with Crippen molar-refractivity contribution >= 4 is 27.8 Å². The van der Waals surface area contributed by atoms with Crippen LogP contribution in [-0.2, 0) is 17.8 Å². The molecular formula is C25H28N4O4. The van der Waals surface area contributed by atoms with Crippen LogP contribution >= 0.6 is 0 Å². The van der Waals surface area contributed by atoms with Gasteiger partial charge in [-0.2, -0.15) is 0 Å². The maximum absolute atomic E-state index is 13.0. The first kappa shape index (κ1) is 22.4. The number of aromatic amines is 1. The van der Waals surface area contributed by atoms with E-state index in [0.717, 1.165) is 23.7 Å². The molecule has 0 radical (unpaired) electrons. The molecule has 0 saturated carbocycles. The molecule has 4 aromatic rings. The van der Waals surface area contributed by atoms with Crippen molar-refractivity contribution in [3.8, 4) is 11.5 Å². The number of nitrogens with one attached hydrogen (secondary N) is 2. The summed E-state index contributed by atoms with van der Waals surface area (Å²) in [6.45, 7) is 2.24. The SMILES string of the molecule is COc1cc2[nH]c3c(=O)n(CCC(=O)N[C@@H](C)CCc4ccccc4)cnc3c2cc1OC. The van der Waals surface area contributed by atoms with Crippen LogP contribution in [0.5, 0.6) is 11.5 Å². The molecule has 33 heavy (non-hydrogen) atoms. The summed E-state index contributed by atoms with van der Waals surface area (Å²) in [7, 11) is 3.12. The molecule has 2 N–H and O–H groups in total. The summed E-state index contributed by atoms with van der Waals surface area (Å²) in [6, 6.07) is 13.8. The summed E-state index contributed by atoms with van der Waals surface area (Å²) >= 11 is 0. The van der Waals surface area contributed by atoms with E-state index in [1.165, 1.54) is 16.5 Å². The van der Waals surface area contributed by atoms with Crippen LogP contribution in [0.15, 0.2) is 53.6 Å². The molecular weight excluding hydrogens is 420 g/mol. The largest absolute Gasteiger partial charge is 0.493 e. The molecule has 1 atom stereocenters. The van der Waals surface area contributed by atoms with Gasteiger partial charge in [-0.3, -0.25) is 14.2 Å². The van der Waals surface area contributed by atoms with E-state index in [-0.39, 0.29) is 30.5 Å². The average molecular weight is 449 g/mol. The van der Waals surface area contributed by atoms with Gasteiger partial charge < -0.3 is 19.8 Å². The van der Waals surface area contributed by atoms with Crippen LogP contribution in [0.1, 0.15) is 25.3 Å². The molecule has 0 aliphatic rings.